The second kappa shape index (κ2) is 7.97. The van der Waals surface area contributed by atoms with Gasteiger partial charge in [0.2, 0.25) is 5.91 Å². The van der Waals surface area contributed by atoms with Crippen molar-refractivity contribution in [2.75, 3.05) is 18.0 Å². The number of amides is 1. The van der Waals surface area contributed by atoms with Crippen LogP contribution in [0.25, 0.3) is 0 Å². The molecule has 3 rings (SSSR count). The lowest BCUT2D eigenvalue weighted by Gasteiger charge is -2.31. The Kier molecular flexibility index (Phi) is 5.72. The summed E-state index contributed by atoms with van der Waals surface area (Å²) in [6.45, 7) is 5.04. The molecule has 2 aliphatic rings. The van der Waals surface area contributed by atoms with Gasteiger partial charge < -0.3 is 16.0 Å². The van der Waals surface area contributed by atoms with E-state index in [-0.39, 0.29) is 11.9 Å². The predicted molar refractivity (Wildman–Crippen MR) is 96.6 cm³/mol. The molecule has 1 amide bonds. The van der Waals surface area contributed by atoms with E-state index in [1.54, 1.807) is 0 Å². The van der Waals surface area contributed by atoms with Crippen molar-refractivity contribution in [1.29, 1.82) is 0 Å². The van der Waals surface area contributed by atoms with Gasteiger partial charge in [0.15, 0.2) is 0 Å². The molecule has 0 spiro atoms. The standard InChI is InChI=1S/C19H30N4O/c1-14-7-9-23(10-8-14)18-6-5-15(12-21-18)13-22-19(24)11-16-3-2-4-17(16)20/h5-6,12,14,16-17H,2-4,7-11,13,20H2,1H3,(H,22,24)/t16-,17+/m0/s1. The van der Waals surface area contributed by atoms with Gasteiger partial charge in [0, 0.05) is 38.3 Å². The maximum absolute atomic E-state index is 12.1. The number of nitrogens with zero attached hydrogens (tertiary/aromatic N) is 2. The van der Waals surface area contributed by atoms with Gasteiger partial charge in [-0.1, -0.05) is 19.4 Å². The Morgan fingerprint density at radius 2 is 2.08 bits per heavy atom. The molecule has 5 heteroatoms. The van der Waals surface area contributed by atoms with Crippen molar-refractivity contribution < 1.29 is 4.79 Å². The summed E-state index contributed by atoms with van der Waals surface area (Å²) < 4.78 is 0. The van der Waals surface area contributed by atoms with Gasteiger partial charge >= 0.3 is 0 Å². The van der Waals surface area contributed by atoms with Gasteiger partial charge in [0.1, 0.15) is 5.82 Å². The fraction of sp³-hybridized carbons (Fsp3) is 0.684. The van der Waals surface area contributed by atoms with Crippen molar-refractivity contribution in [2.24, 2.45) is 17.6 Å². The molecular formula is C19H30N4O. The average Bonchev–Trinajstić information content (AvgIpc) is 2.99. The van der Waals surface area contributed by atoms with Gasteiger partial charge in [0.05, 0.1) is 0 Å². The van der Waals surface area contributed by atoms with Crippen LogP contribution in [0.5, 0.6) is 0 Å². The SMILES string of the molecule is CC1CCN(c2ccc(CNC(=O)C[C@@H]3CCC[C@H]3N)cn2)CC1. The first-order valence-electron chi connectivity index (χ1n) is 9.34. The highest BCUT2D eigenvalue weighted by atomic mass is 16.1. The largest absolute Gasteiger partial charge is 0.357 e. The number of nitrogens with one attached hydrogen (secondary N) is 1. The molecule has 0 unspecified atom stereocenters. The summed E-state index contributed by atoms with van der Waals surface area (Å²) in [5, 5.41) is 3.00. The summed E-state index contributed by atoms with van der Waals surface area (Å²) in [5.41, 5.74) is 7.09. The van der Waals surface area contributed by atoms with Crippen molar-refractivity contribution in [3.63, 3.8) is 0 Å². The first kappa shape index (κ1) is 17.2. The number of piperidine rings is 1. The van der Waals surface area contributed by atoms with Gasteiger partial charge in [-0.05, 0) is 49.1 Å². The van der Waals surface area contributed by atoms with E-state index in [1.165, 1.54) is 12.8 Å². The molecular weight excluding hydrogens is 300 g/mol. The van der Waals surface area contributed by atoms with E-state index in [1.807, 2.05) is 6.20 Å². The highest BCUT2D eigenvalue weighted by Gasteiger charge is 2.25. The molecule has 2 fully saturated rings. The van der Waals surface area contributed by atoms with Gasteiger partial charge in [-0.2, -0.15) is 0 Å². The number of nitrogens with two attached hydrogens (primary N) is 1. The zero-order valence-electron chi connectivity index (χ0n) is 14.7. The van der Waals surface area contributed by atoms with Gasteiger partial charge in [-0.15, -0.1) is 0 Å². The molecule has 5 nitrogen and oxygen atoms in total. The topological polar surface area (TPSA) is 71.2 Å². The summed E-state index contributed by atoms with van der Waals surface area (Å²) in [5.74, 6) is 2.33. The third-order valence-corrected chi connectivity index (χ3v) is 5.57. The van der Waals surface area contributed by atoms with Crippen LogP contribution < -0.4 is 16.0 Å². The monoisotopic (exact) mass is 330 g/mol. The van der Waals surface area contributed by atoms with Crippen LogP contribution in [0, 0.1) is 11.8 Å². The third-order valence-electron chi connectivity index (χ3n) is 5.57. The lowest BCUT2D eigenvalue weighted by Crippen LogP contribution is -2.33. The van der Waals surface area contributed by atoms with E-state index < -0.39 is 0 Å². The highest BCUT2D eigenvalue weighted by molar-refractivity contribution is 5.76. The fourth-order valence-corrected chi connectivity index (χ4v) is 3.78. The van der Waals surface area contributed by atoms with Gasteiger partial charge in [-0.3, -0.25) is 4.79 Å². The molecule has 1 aromatic heterocycles. The molecule has 0 aromatic carbocycles. The molecule has 1 saturated carbocycles. The number of hydrogen-bond acceptors (Lipinski definition) is 4. The smallest absolute Gasteiger partial charge is 0.220 e. The summed E-state index contributed by atoms with van der Waals surface area (Å²) >= 11 is 0. The second-order valence-electron chi connectivity index (χ2n) is 7.53. The quantitative estimate of drug-likeness (QED) is 0.870. The summed E-state index contributed by atoms with van der Waals surface area (Å²) in [6, 6.07) is 4.34. The van der Waals surface area contributed by atoms with Crippen molar-refractivity contribution in [3.05, 3.63) is 23.9 Å². The predicted octanol–water partition coefficient (Wildman–Crippen LogP) is 2.45. The minimum atomic E-state index is 0.103. The number of pyridine rings is 1. The van der Waals surface area contributed by atoms with Crippen molar-refractivity contribution in [2.45, 2.75) is 58.0 Å². The Hall–Kier alpha value is -1.62. The van der Waals surface area contributed by atoms with E-state index in [4.69, 9.17) is 5.73 Å². The molecule has 2 atom stereocenters. The number of hydrogen-bond donors (Lipinski definition) is 2. The van der Waals surface area contributed by atoms with Crippen molar-refractivity contribution in [1.82, 2.24) is 10.3 Å². The Bertz CT molecular complexity index is 537. The second-order valence-corrected chi connectivity index (χ2v) is 7.53. The van der Waals surface area contributed by atoms with Gasteiger partial charge in [0.25, 0.3) is 0 Å². The highest BCUT2D eigenvalue weighted by Crippen LogP contribution is 2.26. The van der Waals surface area contributed by atoms with Crippen LogP contribution in [0.15, 0.2) is 18.3 Å². The number of rotatable bonds is 5. The van der Waals surface area contributed by atoms with E-state index >= 15 is 0 Å². The summed E-state index contributed by atoms with van der Waals surface area (Å²) in [6.07, 6.45) is 8.21. The Morgan fingerprint density at radius 1 is 1.29 bits per heavy atom. The first-order chi connectivity index (χ1) is 11.6. The zero-order valence-corrected chi connectivity index (χ0v) is 14.7. The van der Waals surface area contributed by atoms with E-state index in [9.17, 15) is 4.79 Å². The molecule has 132 valence electrons. The summed E-state index contributed by atoms with van der Waals surface area (Å²) in [7, 11) is 0. The Morgan fingerprint density at radius 3 is 2.71 bits per heavy atom. The van der Waals surface area contributed by atoms with Crippen LogP contribution in [0.1, 0.15) is 51.0 Å². The molecule has 0 radical (unpaired) electrons. The molecule has 1 saturated heterocycles. The molecule has 2 heterocycles. The van der Waals surface area contributed by atoms with Crippen molar-refractivity contribution >= 4 is 11.7 Å². The minimum Gasteiger partial charge on any atom is -0.357 e. The van der Waals surface area contributed by atoms with Crippen LogP contribution in [-0.4, -0.2) is 30.0 Å². The van der Waals surface area contributed by atoms with Crippen LogP contribution in [-0.2, 0) is 11.3 Å². The number of aromatic nitrogens is 1. The normalized spacial score (nSPS) is 25.0. The lowest BCUT2D eigenvalue weighted by molar-refractivity contribution is -0.122. The zero-order chi connectivity index (χ0) is 16.9. The summed E-state index contributed by atoms with van der Waals surface area (Å²) in [4.78, 5) is 19.0. The molecule has 1 aliphatic heterocycles. The van der Waals surface area contributed by atoms with Crippen LogP contribution in [0.4, 0.5) is 5.82 Å². The maximum atomic E-state index is 12.1. The van der Waals surface area contributed by atoms with Crippen molar-refractivity contribution in [3.8, 4) is 0 Å². The molecule has 3 N–H and O–H groups in total. The third kappa shape index (κ3) is 4.47. The van der Waals surface area contributed by atoms with Crippen LogP contribution >= 0.6 is 0 Å². The number of carbonyl (C=O) groups is 1. The van der Waals surface area contributed by atoms with Crippen LogP contribution in [0.3, 0.4) is 0 Å². The molecule has 0 bridgehead atoms. The van der Waals surface area contributed by atoms with Crippen LogP contribution in [0.2, 0.25) is 0 Å². The Labute approximate surface area is 145 Å². The van der Waals surface area contributed by atoms with E-state index in [0.717, 1.165) is 49.7 Å². The number of carbonyl (C=O) groups excluding carboxylic acids is 1. The van der Waals surface area contributed by atoms with Gasteiger partial charge in [-0.25, -0.2) is 4.98 Å². The minimum absolute atomic E-state index is 0.103. The number of anilines is 1. The van der Waals surface area contributed by atoms with E-state index in [2.05, 4.69) is 34.3 Å². The Balaban J connectivity index is 1.45. The molecule has 24 heavy (non-hydrogen) atoms. The lowest BCUT2D eigenvalue weighted by atomic mass is 9.99. The first-order valence-corrected chi connectivity index (χ1v) is 9.34. The molecule has 1 aromatic rings. The fourth-order valence-electron chi connectivity index (χ4n) is 3.78. The maximum Gasteiger partial charge on any atom is 0.220 e. The average molecular weight is 330 g/mol. The molecule has 1 aliphatic carbocycles. The van der Waals surface area contributed by atoms with E-state index in [0.29, 0.717) is 18.9 Å².